The Kier molecular flexibility index (Phi) is 6.37. The van der Waals surface area contributed by atoms with Crippen molar-refractivity contribution in [3.05, 3.63) is 34.3 Å². The molecular formula is C14H17ClN2O2. The molecule has 1 aromatic rings. The molecule has 1 amide bonds. The van der Waals surface area contributed by atoms with Gasteiger partial charge < -0.3 is 15.8 Å². The molecule has 0 fully saturated rings. The van der Waals surface area contributed by atoms with Crippen molar-refractivity contribution in [1.29, 1.82) is 0 Å². The van der Waals surface area contributed by atoms with Gasteiger partial charge in [-0.3, -0.25) is 4.79 Å². The minimum Gasteiger partial charge on any atom is -0.383 e. The van der Waals surface area contributed by atoms with Crippen LogP contribution in [0.25, 0.3) is 0 Å². The van der Waals surface area contributed by atoms with E-state index in [4.69, 9.17) is 22.1 Å². The van der Waals surface area contributed by atoms with E-state index in [9.17, 15) is 4.79 Å². The average Bonchev–Trinajstić information content (AvgIpc) is 2.37. The minimum absolute atomic E-state index is 0.0621. The van der Waals surface area contributed by atoms with Crippen LogP contribution < -0.4 is 11.1 Å². The average molecular weight is 281 g/mol. The molecule has 1 atom stereocenters. The maximum atomic E-state index is 11.9. The smallest absolute Gasteiger partial charge is 0.251 e. The first-order valence-corrected chi connectivity index (χ1v) is 6.24. The van der Waals surface area contributed by atoms with Gasteiger partial charge in [0.25, 0.3) is 5.91 Å². The second-order valence-corrected chi connectivity index (χ2v) is 4.44. The van der Waals surface area contributed by atoms with Crippen molar-refractivity contribution in [2.24, 2.45) is 5.73 Å². The molecule has 0 heterocycles. The third-order valence-corrected chi connectivity index (χ3v) is 2.66. The maximum absolute atomic E-state index is 11.9. The third kappa shape index (κ3) is 4.92. The zero-order valence-electron chi connectivity index (χ0n) is 11.0. The number of ether oxygens (including phenoxy) is 1. The van der Waals surface area contributed by atoms with Crippen LogP contribution >= 0.6 is 11.6 Å². The summed E-state index contributed by atoms with van der Waals surface area (Å²) >= 11 is 6.06. The number of carbonyl (C=O) groups excluding carboxylic acids is 1. The first-order valence-electron chi connectivity index (χ1n) is 5.86. The number of nitrogens with one attached hydrogen (secondary N) is 1. The number of methoxy groups -OCH3 is 1. The highest BCUT2D eigenvalue weighted by molar-refractivity contribution is 6.32. The van der Waals surface area contributed by atoms with Gasteiger partial charge in [0.1, 0.15) is 0 Å². The highest BCUT2D eigenvalue weighted by Gasteiger charge is 2.10. The van der Waals surface area contributed by atoms with Crippen LogP contribution in [0.5, 0.6) is 0 Å². The number of hydrogen-bond donors (Lipinski definition) is 2. The van der Waals surface area contributed by atoms with E-state index >= 15 is 0 Å². The Morgan fingerprint density at radius 3 is 2.89 bits per heavy atom. The molecule has 1 rings (SSSR count). The number of hydrogen-bond acceptors (Lipinski definition) is 3. The summed E-state index contributed by atoms with van der Waals surface area (Å²) in [5, 5.41) is 3.25. The molecule has 0 bridgehead atoms. The molecule has 102 valence electrons. The topological polar surface area (TPSA) is 64.3 Å². The predicted molar refractivity (Wildman–Crippen MR) is 76.2 cm³/mol. The maximum Gasteiger partial charge on any atom is 0.251 e. The van der Waals surface area contributed by atoms with Gasteiger partial charge in [0, 0.05) is 24.3 Å². The summed E-state index contributed by atoms with van der Waals surface area (Å²) in [7, 11) is 1.59. The number of rotatable bonds is 4. The van der Waals surface area contributed by atoms with E-state index in [1.165, 1.54) is 0 Å². The summed E-state index contributed by atoms with van der Waals surface area (Å²) in [4.78, 5) is 11.9. The Hall–Kier alpha value is -1.54. The molecule has 3 N–H and O–H groups in total. The van der Waals surface area contributed by atoms with Gasteiger partial charge in [0.15, 0.2) is 0 Å². The van der Waals surface area contributed by atoms with Gasteiger partial charge in [-0.1, -0.05) is 23.4 Å². The van der Waals surface area contributed by atoms with Crippen molar-refractivity contribution < 1.29 is 9.53 Å². The fraction of sp³-hybridized carbons (Fsp3) is 0.357. The van der Waals surface area contributed by atoms with Gasteiger partial charge in [-0.05, 0) is 25.1 Å². The molecule has 5 heteroatoms. The van der Waals surface area contributed by atoms with Gasteiger partial charge in [-0.25, -0.2) is 0 Å². The predicted octanol–water partition coefficient (Wildman–Crippen LogP) is 1.41. The lowest BCUT2D eigenvalue weighted by atomic mass is 10.1. The van der Waals surface area contributed by atoms with Gasteiger partial charge in [0.05, 0.1) is 18.2 Å². The normalized spacial score (nSPS) is 11.4. The first-order chi connectivity index (χ1) is 9.08. The highest BCUT2D eigenvalue weighted by atomic mass is 35.5. The van der Waals surface area contributed by atoms with Crippen LogP contribution in [-0.4, -0.2) is 32.2 Å². The Morgan fingerprint density at radius 2 is 2.32 bits per heavy atom. The van der Waals surface area contributed by atoms with Crippen molar-refractivity contribution in [2.45, 2.75) is 13.0 Å². The van der Waals surface area contributed by atoms with Crippen LogP contribution in [0.2, 0.25) is 5.02 Å². The molecule has 0 radical (unpaired) electrons. The summed E-state index contributed by atoms with van der Waals surface area (Å²) in [5.41, 5.74) is 6.45. The van der Waals surface area contributed by atoms with Gasteiger partial charge in [-0.2, -0.15) is 0 Å². The number of nitrogens with two attached hydrogens (primary N) is 1. The summed E-state index contributed by atoms with van der Waals surface area (Å²) in [6.45, 7) is 2.59. The van der Waals surface area contributed by atoms with Gasteiger partial charge >= 0.3 is 0 Å². The number of amides is 1. The molecule has 4 nitrogen and oxygen atoms in total. The first kappa shape index (κ1) is 15.5. The summed E-state index contributed by atoms with van der Waals surface area (Å²) < 4.78 is 4.96. The standard InChI is InChI=1S/C14H17ClN2O2/c1-10(9-19-2)17-14(18)12-6-5-11(4-3-7-16)13(15)8-12/h5-6,8,10H,7,9,16H2,1-2H3,(H,17,18). The SMILES string of the molecule is COCC(C)NC(=O)c1ccc(C#CCN)c(Cl)c1. The highest BCUT2D eigenvalue weighted by Crippen LogP contribution is 2.17. The second-order valence-electron chi connectivity index (χ2n) is 4.03. The van der Waals surface area contributed by atoms with Crippen molar-refractivity contribution in [3.63, 3.8) is 0 Å². The van der Waals surface area contributed by atoms with Crippen molar-refractivity contribution in [3.8, 4) is 11.8 Å². The van der Waals surface area contributed by atoms with Crippen LogP contribution in [0.4, 0.5) is 0 Å². The summed E-state index contributed by atoms with van der Waals surface area (Å²) in [6, 6.07) is 4.92. The van der Waals surface area contributed by atoms with E-state index in [1.807, 2.05) is 6.92 Å². The van der Waals surface area contributed by atoms with E-state index in [2.05, 4.69) is 17.2 Å². The number of carbonyl (C=O) groups is 1. The van der Waals surface area contributed by atoms with Crippen molar-refractivity contribution in [1.82, 2.24) is 5.32 Å². The van der Waals surface area contributed by atoms with Crippen LogP contribution in [-0.2, 0) is 4.74 Å². The molecular weight excluding hydrogens is 264 g/mol. The van der Waals surface area contributed by atoms with Crippen molar-refractivity contribution in [2.75, 3.05) is 20.3 Å². The minimum atomic E-state index is -0.190. The lowest BCUT2D eigenvalue weighted by Crippen LogP contribution is -2.35. The molecule has 0 aliphatic heterocycles. The van der Waals surface area contributed by atoms with E-state index in [1.54, 1.807) is 25.3 Å². The fourth-order valence-corrected chi connectivity index (χ4v) is 1.73. The van der Waals surface area contributed by atoms with Crippen LogP contribution in [0.1, 0.15) is 22.8 Å². The Bertz CT molecular complexity index is 506. The van der Waals surface area contributed by atoms with E-state index < -0.39 is 0 Å². The largest absolute Gasteiger partial charge is 0.383 e. The summed E-state index contributed by atoms with van der Waals surface area (Å²) in [6.07, 6.45) is 0. The molecule has 0 aliphatic carbocycles. The Morgan fingerprint density at radius 1 is 1.58 bits per heavy atom. The molecule has 0 spiro atoms. The van der Waals surface area contributed by atoms with E-state index in [0.717, 1.165) is 0 Å². The van der Waals surface area contributed by atoms with E-state index in [0.29, 0.717) is 22.8 Å². The molecule has 1 unspecified atom stereocenters. The van der Waals surface area contributed by atoms with Crippen LogP contribution in [0.3, 0.4) is 0 Å². The zero-order chi connectivity index (χ0) is 14.3. The quantitative estimate of drug-likeness (QED) is 0.820. The second kappa shape index (κ2) is 7.80. The summed E-state index contributed by atoms with van der Waals surface area (Å²) in [5.74, 6) is 5.37. The van der Waals surface area contributed by atoms with E-state index in [-0.39, 0.29) is 18.5 Å². The van der Waals surface area contributed by atoms with Gasteiger partial charge in [0.2, 0.25) is 0 Å². The Labute approximate surface area is 118 Å². The molecule has 0 aliphatic rings. The molecule has 0 saturated heterocycles. The van der Waals surface area contributed by atoms with Crippen molar-refractivity contribution >= 4 is 17.5 Å². The van der Waals surface area contributed by atoms with Crippen LogP contribution in [0.15, 0.2) is 18.2 Å². The number of halogens is 1. The lowest BCUT2D eigenvalue weighted by molar-refractivity contribution is 0.0905. The molecule has 0 aromatic heterocycles. The molecule has 19 heavy (non-hydrogen) atoms. The van der Waals surface area contributed by atoms with Crippen LogP contribution in [0, 0.1) is 11.8 Å². The van der Waals surface area contributed by atoms with Gasteiger partial charge in [-0.15, -0.1) is 0 Å². The fourth-order valence-electron chi connectivity index (χ4n) is 1.50. The number of benzene rings is 1. The monoisotopic (exact) mass is 280 g/mol. The lowest BCUT2D eigenvalue weighted by Gasteiger charge is -2.12. The molecule has 0 saturated carbocycles. The zero-order valence-corrected chi connectivity index (χ0v) is 11.8. The third-order valence-electron chi connectivity index (χ3n) is 2.35. The molecule has 1 aromatic carbocycles. The Balaban J connectivity index is 2.80.